The normalized spacial score (nSPS) is 12.7. The first kappa shape index (κ1) is 14.0. The quantitative estimate of drug-likeness (QED) is 0.614. The van der Waals surface area contributed by atoms with Crippen LogP contribution in [0.25, 0.3) is 0 Å². The Labute approximate surface area is 111 Å². The van der Waals surface area contributed by atoms with Gasteiger partial charge >= 0.3 is 0 Å². The van der Waals surface area contributed by atoms with E-state index in [2.05, 4.69) is 40.1 Å². The van der Waals surface area contributed by atoms with Crippen molar-refractivity contribution < 1.29 is 0 Å². The molecule has 0 aromatic carbocycles. The second-order valence-corrected chi connectivity index (χ2v) is 5.84. The molecule has 0 aliphatic carbocycles. The van der Waals surface area contributed by atoms with E-state index in [1.807, 2.05) is 18.3 Å². The van der Waals surface area contributed by atoms with Crippen LogP contribution in [-0.4, -0.2) is 23.3 Å². The molecular formula is C12H19BrN2S. The third kappa shape index (κ3) is 5.87. The van der Waals surface area contributed by atoms with Crippen molar-refractivity contribution in [1.29, 1.82) is 0 Å². The Morgan fingerprint density at radius 1 is 1.50 bits per heavy atom. The molecule has 0 spiro atoms. The van der Waals surface area contributed by atoms with E-state index in [-0.39, 0.29) is 0 Å². The molecule has 1 rings (SSSR count). The summed E-state index contributed by atoms with van der Waals surface area (Å²) in [6.07, 6.45) is 4.34. The maximum Gasteiger partial charge on any atom is 0.0961 e. The number of hydrogen-bond acceptors (Lipinski definition) is 3. The highest BCUT2D eigenvalue weighted by atomic mass is 79.9. The Morgan fingerprint density at radius 2 is 2.31 bits per heavy atom. The van der Waals surface area contributed by atoms with Crippen molar-refractivity contribution in [3.63, 3.8) is 0 Å². The average molecular weight is 303 g/mol. The molecule has 0 aliphatic heterocycles. The van der Waals surface area contributed by atoms with E-state index in [1.165, 1.54) is 12.8 Å². The standard InChI is InChI=1S/C12H19BrN2S/c1-3-4-10(2)14-7-8-16-12-6-5-11(13)9-15-12/h5-6,9-10,14H,3-4,7-8H2,1-2H3. The fraction of sp³-hybridized carbons (Fsp3) is 0.583. The van der Waals surface area contributed by atoms with Gasteiger partial charge in [-0.3, -0.25) is 0 Å². The molecule has 0 amide bonds. The summed E-state index contributed by atoms with van der Waals surface area (Å²) >= 11 is 5.17. The Balaban J connectivity index is 2.13. The van der Waals surface area contributed by atoms with Crippen molar-refractivity contribution in [1.82, 2.24) is 10.3 Å². The largest absolute Gasteiger partial charge is 0.313 e. The number of halogens is 1. The Hall–Kier alpha value is -0.0600. The number of pyridine rings is 1. The van der Waals surface area contributed by atoms with Crippen LogP contribution in [0.2, 0.25) is 0 Å². The lowest BCUT2D eigenvalue weighted by Crippen LogP contribution is -2.27. The van der Waals surface area contributed by atoms with Gasteiger partial charge in [0.1, 0.15) is 0 Å². The lowest BCUT2D eigenvalue weighted by molar-refractivity contribution is 0.526. The molecule has 0 aliphatic rings. The monoisotopic (exact) mass is 302 g/mol. The zero-order chi connectivity index (χ0) is 11.8. The van der Waals surface area contributed by atoms with Gasteiger partial charge in [-0.2, -0.15) is 0 Å². The van der Waals surface area contributed by atoms with Crippen molar-refractivity contribution in [3.05, 3.63) is 22.8 Å². The van der Waals surface area contributed by atoms with Gasteiger partial charge < -0.3 is 5.32 Å². The second-order valence-electron chi connectivity index (χ2n) is 3.81. The van der Waals surface area contributed by atoms with Gasteiger partial charge in [0, 0.05) is 29.0 Å². The zero-order valence-corrected chi connectivity index (χ0v) is 12.3. The van der Waals surface area contributed by atoms with Crippen LogP contribution in [0.3, 0.4) is 0 Å². The topological polar surface area (TPSA) is 24.9 Å². The summed E-state index contributed by atoms with van der Waals surface area (Å²) in [5, 5.41) is 4.60. The van der Waals surface area contributed by atoms with Crippen molar-refractivity contribution in [2.24, 2.45) is 0 Å². The number of rotatable bonds is 7. The molecule has 2 nitrogen and oxygen atoms in total. The van der Waals surface area contributed by atoms with Crippen molar-refractivity contribution in [2.75, 3.05) is 12.3 Å². The first-order valence-corrected chi connectivity index (χ1v) is 7.48. The minimum absolute atomic E-state index is 0.628. The van der Waals surface area contributed by atoms with E-state index in [0.717, 1.165) is 21.8 Å². The van der Waals surface area contributed by atoms with Crippen LogP contribution in [-0.2, 0) is 0 Å². The van der Waals surface area contributed by atoms with E-state index in [9.17, 15) is 0 Å². The SMILES string of the molecule is CCCC(C)NCCSc1ccc(Br)cn1. The van der Waals surface area contributed by atoms with Crippen molar-refractivity contribution in [2.45, 2.75) is 37.8 Å². The molecule has 1 atom stereocenters. The molecule has 1 aromatic rings. The number of aromatic nitrogens is 1. The summed E-state index contributed by atoms with van der Waals surface area (Å²) in [5.74, 6) is 1.07. The van der Waals surface area contributed by atoms with E-state index < -0.39 is 0 Å². The number of nitrogens with one attached hydrogen (secondary N) is 1. The van der Waals surface area contributed by atoms with Gasteiger partial charge in [-0.05, 0) is 41.4 Å². The maximum atomic E-state index is 4.32. The fourth-order valence-electron chi connectivity index (χ4n) is 1.44. The zero-order valence-electron chi connectivity index (χ0n) is 9.87. The molecule has 90 valence electrons. The van der Waals surface area contributed by atoms with Gasteiger partial charge in [0.05, 0.1) is 5.03 Å². The van der Waals surface area contributed by atoms with E-state index >= 15 is 0 Å². The molecule has 1 unspecified atom stereocenters. The van der Waals surface area contributed by atoms with Crippen LogP contribution in [0.5, 0.6) is 0 Å². The van der Waals surface area contributed by atoms with Gasteiger partial charge in [0.15, 0.2) is 0 Å². The first-order chi connectivity index (χ1) is 7.72. The summed E-state index contributed by atoms with van der Waals surface area (Å²) in [6.45, 7) is 5.51. The summed E-state index contributed by atoms with van der Waals surface area (Å²) < 4.78 is 1.03. The minimum Gasteiger partial charge on any atom is -0.313 e. The smallest absolute Gasteiger partial charge is 0.0961 e. The summed E-state index contributed by atoms with van der Waals surface area (Å²) in [6, 6.07) is 4.70. The number of nitrogens with zero attached hydrogens (tertiary/aromatic N) is 1. The second kappa shape index (κ2) is 8.09. The van der Waals surface area contributed by atoms with Gasteiger partial charge in [-0.15, -0.1) is 11.8 Å². The van der Waals surface area contributed by atoms with Crippen LogP contribution in [0.4, 0.5) is 0 Å². The van der Waals surface area contributed by atoms with Gasteiger partial charge in [0.25, 0.3) is 0 Å². The van der Waals surface area contributed by atoms with Crippen LogP contribution in [0, 0.1) is 0 Å². The molecule has 16 heavy (non-hydrogen) atoms. The molecule has 1 aromatic heterocycles. The van der Waals surface area contributed by atoms with Crippen LogP contribution < -0.4 is 5.32 Å². The molecule has 0 radical (unpaired) electrons. The summed E-state index contributed by atoms with van der Waals surface area (Å²) in [7, 11) is 0. The molecule has 0 fully saturated rings. The third-order valence-electron chi connectivity index (χ3n) is 2.27. The highest BCUT2D eigenvalue weighted by molar-refractivity contribution is 9.10. The van der Waals surface area contributed by atoms with Crippen molar-refractivity contribution >= 4 is 27.7 Å². The van der Waals surface area contributed by atoms with E-state index in [0.29, 0.717) is 6.04 Å². The molecule has 0 saturated carbocycles. The van der Waals surface area contributed by atoms with Crippen molar-refractivity contribution in [3.8, 4) is 0 Å². The van der Waals surface area contributed by atoms with Gasteiger partial charge in [-0.1, -0.05) is 13.3 Å². The molecule has 0 saturated heterocycles. The fourth-order valence-corrected chi connectivity index (χ4v) is 2.40. The highest BCUT2D eigenvalue weighted by Gasteiger charge is 1.99. The maximum absolute atomic E-state index is 4.32. The molecule has 1 heterocycles. The Bertz CT molecular complexity index is 290. The van der Waals surface area contributed by atoms with E-state index in [1.54, 1.807) is 11.8 Å². The third-order valence-corrected chi connectivity index (χ3v) is 3.68. The van der Waals surface area contributed by atoms with Crippen LogP contribution in [0.15, 0.2) is 27.8 Å². The van der Waals surface area contributed by atoms with Crippen LogP contribution >= 0.6 is 27.7 Å². The Morgan fingerprint density at radius 3 is 2.94 bits per heavy atom. The lowest BCUT2D eigenvalue weighted by atomic mass is 10.2. The molecular weight excluding hydrogens is 284 g/mol. The highest BCUT2D eigenvalue weighted by Crippen LogP contribution is 2.16. The molecule has 4 heteroatoms. The number of thioether (sulfide) groups is 1. The predicted molar refractivity (Wildman–Crippen MR) is 75.0 cm³/mol. The van der Waals surface area contributed by atoms with E-state index in [4.69, 9.17) is 0 Å². The average Bonchev–Trinajstić information content (AvgIpc) is 2.27. The molecule has 1 N–H and O–H groups in total. The summed E-state index contributed by atoms with van der Waals surface area (Å²) in [5.41, 5.74) is 0. The first-order valence-electron chi connectivity index (χ1n) is 5.70. The van der Waals surface area contributed by atoms with Gasteiger partial charge in [0.2, 0.25) is 0 Å². The number of hydrogen-bond donors (Lipinski definition) is 1. The minimum atomic E-state index is 0.628. The van der Waals surface area contributed by atoms with Crippen LogP contribution in [0.1, 0.15) is 26.7 Å². The Kier molecular flexibility index (Phi) is 7.08. The van der Waals surface area contributed by atoms with Gasteiger partial charge in [-0.25, -0.2) is 4.98 Å². The molecule has 0 bridgehead atoms. The summed E-state index contributed by atoms with van der Waals surface area (Å²) in [4.78, 5) is 4.32. The predicted octanol–water partition coefficient (Wildman–Crippen LogP) is 3.71. The lowest BCUT2D eigenvalue weighted by Gasteiger charge is -2.11.